The Morgan fingerprint density at radius 2 is 2.05 bits per heavy atom. The van der Waals surface area contributed by atoms with E-state index < -0.39 is 0 Å². The molecule has 1 aromatic rings. The van der Waals surface area contributed by atoms with Crippen molar-refractivity contribution in [3.63, 3.8) is 0 Å². The molecule has 0 radical (unpaired) electrons. The van der Waals surface area contributed by atoms with Crippen LogP contribution in [0.4, 0.5) is 0 Å². The molecule has 2 N–H and O–H groups in total. The van der Waals surface area contributed by atoms with Gasteiger partial charge in [-0.15, -0.1) is 11.3 Å². The van der Waals surface area contributed by atoms with Crippen molar-refractivity contribution in [1.82, 2.24) is 10.6 Å². The molecule has 110 valence electrons. The molecule has 1 aromatic heterocycles. The van der Waals surface area contributed by atoms with Gasteiger partial charge in [0.25, 0.3) is 0 Å². The lowest BCUT2D eigenvalue weighted by Crippen LogP contribution is -2.48. The summed E-state index contributed by atoms with van der Waals surface area (Å²) in [6, 6.07) is 4.51. The predicted molar refractivity (Wildman–Crippen MR) is 82.8 cm³/mol. The van der Waals surface area contributed by atoms with Gasteiger partial charge in [-0.25, -0.2) is 0 Å². The molecular weight excluding hydrogens is 268 g/mol. The van der Waals surface area contributed by atoms with Gasteiger partial charge in [0, 0.05) is 4.88 Å². The van der Waals surface area contributed by atoms with Crippen LogP contribution >= 0.6 is 11.3 Å². The molecule has 1 saturated heterocycles. The summed E-state index contributed by atoms with van der Waals surface area (Å²) in [5, 5.41) is 8.80. The lowest BCUT2D eigenvalue weighted by Gasteiger charge is -2.28. The number of carbonyl (C=O) groups excluding carboxylic acids is 1. The van der Waals surface area contributed by atoms with Crippen LogP contribution in [-0.4, -0.2) is 18.5 Å². The Bertz CT molecular complexity index is 420. The molecule has 0 aromatic carbocycles. The van der Waals surface area contributed by atoms with Crippen molar-refractivity contribution in [3.8, 4) is 0 Å². The minimum atomic E-state index is 0.0209. The minimum absolute atomic E-state index is 0.0209. The zero-order valence-corrected chi connectivity index (χ0v) is 12.8. The highest BCUT2D eigenvalue weighted by Gasteiger charge is 2.30. The van der Waals surface area contributed by atoms with E-state index in [9.17, 15) is 4.79 Å². The van der Waals surface area contributed by atoms with E-state index in [1.807, 2.05) is 0 Å². The molecule has 4 heteroatoms. The van der Waals surface area contributed by atoms with E-state index in [-0.39, 0.29) is 18.0 Å². The smallest absolute Gasteiger partial charge is 0.237 e. The third kappa shape index (κ3) is 3.23. The second kappa shape index (κ2) is 6.72. The molecule has 1 unspecified atom stereocenters. The summed E-state index contributed by atoms with van der Waals surface area (Å²) in [5.74, 6) is 0.830. The molecule has 2 atom stereocenters. The van der Waals surface area contributed by atoms with Crippen LogP contribution in [0.1, 0.15) is 55.9 Å². The fraction of sp³-hybridized carbons (Fsp3) is 0.688. The summed E-state index contributed by atoms with van der Waals surface area (Å²) >= 11 is 1.77. The Morgan fingerprint density at radius 3 is 2.70 bits per heavy atom. The van der Waals surface area contributed by atoms with Gasteiger partial charge in [0.2, 0.25) is 5.91 Å². The summed E-state index contributed by atoms with van der Waals surface area (Å²) in [4.78, 5) is 13.8. The summed E-state index contributed by atoms with van der Waals surface area (Å²) in [5.41, 5.74) is 0. The fourth-order valence-electron chi connectivity index (χ4n) is 3.51. The standard InChI is InChI=1S/C16H24N2OS/c19-16(13-8-3-4-10-17-13)18-15(12-6-1-2-7-12)14-9-5-11-20-14/h5,9,11-13,15,17H,1-4,6-8,10H2,(H,18,19)/t13-,15?/m1/s1. The first-order valence-electron chi connectivity index (χ1n) is 7.92. The van der Waals surface area contributed by atoms with Gasteiger partial charge in [-0.2, -0.15) is 0 Å². The van der Waals surface area contributed by atoms with Crippen LogP contribution in [0.5, 0.6) is 0 Å². The Balaban J connectivity index is 1.67. The van der Waals surface area contributed by atoms with Crippen LogP contribution < -0.4 is 10.6 Å². The normalized spacial score (nSPS) is 25.5. The minimum Gasteiger partial charge on any atom is -0.347 e. The number of hydrogen-bond acceptors (Lipinski definition) is 3. The quantitative estimate of drug-likeness (QED) is 0.894. The first-order chi connectivity index (χ1) is 9.84. The third-order valence-corrected chi connectivity index (χ3v) is 5.60. The largest absolute Gasteiger partial charge is 0.347 e. The molecular formula is C16H24N2OS. The van der Waals surface area contributed by atoms with Crippen molar-refractivity contribution < 1.29 is 4.79 Å². The molecule has 20 heavy (non-hydrogen) atoms. The molecule has 1 saturated carbocycles. The van der Waals surface area contributed by atoms with E-state index in [2.05, 4.69) is 28.1 Å². The molecule has 1 aliphatic heterocycles. The van der Waals surface area contributed by atoms with Gasteiger partial charge in [-0.3, -0.25) is 4.79 Å². The number of piperidine rings is 1. The summed E-state index contributed by atoms with van der Waals surface area (Å²) in [7, 11) is 0. The number of thiophene rings is 1. The molecule has 3 nitrogen and oxygen atoms in total. The van der Waals surface area contributed by atoms with E-state index in [1.54, 1.807) is 11.3 Å². The Labute approximate surface area is 125 Å². The lowest BCUT2D eigenvalue weighted by atomic mass is 9.95. The number of hydrogen-bond donors (Lipinski definition) is 2. The first-order valence-corrected chi connectivity index (χ1v) is 8.80. The van der Waals surface area contributed by atoms with Crippen LogP contribution in [0.3, 0.4) is 0 Å². The average Bonchev–Trinajstić information content (AvgIpc) is 3.19. The second-order valence-corrected chi connectivity index (χ2v) is 7.03. The number of rotatable bonds is 4. The molecule has 1 aliphatic carbocycles. The van der Waals surface area contributed by atoms with Crippen LogP contribution in [0.15, 0.2) is 17.5 Å². The lowest BCUT2D eigenvalue weighted by molar-refractivity contribution is -0.124. The van der Waals surface area contributed by atoms with Gasteiger partial charge in [0.05, 0.1) is 12.1 Å². The maximum atomic E-state index is 12.5. The van der Waals surface area contributed by atoms with E-state index in [1.165, 1.54) is 37.0 Å². The van der Waals surface area contributed by atoms with Crippen molar-refractivity contribution in [2.24, 2.45) is 5.92 Å². The van der Waals surface area contributed by atoms with Crippen LogP contribution in [0.25, 0.3) is 0 Å². The Morgan fingerprint density at radius 1 is 1.25 bits per heavy atom. The summed E-state index contributed by atoms with van der Waals surface area (Å²) in [6.07, 6.45) is 8.46. The molecule has 1 amide bonds. The highest BCUT2D eigenvalue weighted by Crippen LogP contribution is 2.37. The van der Waals surface area contributed by atoms with E-state index in [4.69, 9.17) is 0 Å². The van der Waals surface area contributed by atoms with Gasteiger partial charge in [0.1, 0.15) is 0 Å². The summed E-state index contributed by atoms with van der Waals surface area (Å²) < 4.78 is 0. The number of carbonyl (C=O) groups is 1. The third-order valence-electron chi connectivity index (χ3n) is 4.65. The summed E-state index contributed by atoms with van der Waals surface area (Å²) in [6.45, 7) is 0.977. The number of nitrogens with one attached hydrogen (secondary N) is 2. The molecule has 2 heterocycles. The average molecular weight is 292 g/mol. The van der Waals surface area contributed by atoms with Gasteiger partial charge in [-0.05, 0) is 49.6 Å². The zero-order chi connectivity index (χ0) is 13.8. The molecule has 3 rings (SSSR count). The van der Waals surface area contributed by atoms with Crippen molar-refractivity contribution in [3.05, 3.63) is 22.4 Å². The Kier molecular flexibility index (Phi) is 4.73. The van der Waals surface area contributed by atoms with Crippen molar-refractivity contribution >= 4 is 17.2 Å². The van der Waals surface area contributed by atoms with Crippen LogP contribution in [-0.2, 0) is 4.79 Å². The number of amides is 1. The van der Waals surface area contributed by atoms with Gasteiger partial charge < -0.3 is 10.6 Å². The maximum Gasteiger partial charge on any atom is 0.237 e. The van der Waals surface area contributed by atoms with E-state index in [0.29, 0.717) is 5.92 Å². The monoisotopic (exact) mass is 292 g/mol. The highest BCUT2D eigenvalue weighted by molar-refractivity contribution is 7.10. The zero-order valence-electron chi connectivity index (χ0n) is 11.9. The van der Waals surface area contributed by atoms with Gasteiger partial charge in [0.15, 0.2) is 0 Å². The second-order valence-electron chi connectivity index (χ2n) is 6.05. The molecule has 2 aliphatic rings. The molecule has 2 fully saturated rings. The highest BCUT2D eigenvalue weighted by atomic mass is 32.1. The first kappa shape index (κ1) is 14.1. The van der Waals surface area contributed by atoms with Crippen molar-refractivity contribution in [2.45, 2.75) is 57.0 Å². The Hall–Kier alpha value is -0.870. The SMILES string of the molecule is O=C(NC(c1cccs1)C1CCCC1)[C@H]1CCCCN1. The van der Waals surface area contributed by atoms with Crippen LogP contribution in [0, 0.1) is 5.92 Å². The van der Waals surface area contributed by atoms with E-state index >= 15 is 0 Å². The van der Waals surface area contributed by atoms with E-state index in [0.717, 1.165) is 19.4 Å². The topological polar surface area (TPSA) is 41.1 Å². The fourth-order valence-corrected chi connectivity index (χ4v) is 4.38. The molecule has 0 bridgehead atoms. The van der Waals surface area contributed by atoms with Crippen molar-refractivity contribution in [2.75, 3.05) is 6.54 Å². The van der Waals surface area contributed by atoms with Crippen molar-refractivity contribution in [1.29, 1.82) is 0 Å². The molecule has 0 spiro atoms. The van der Waals surface area contributed by atoms with Gasteiger partial charge in [-0.1, -0.05) is 25.3 Å². The predicted octanol–water partition coefficient (Wildman–Crippen LogP) is 3.24. The van der Waals surface area contributed by atoms with Gasteiger partial charge >= 0.3 is 0 Å². The van der Waals surface area contributed by atoms with Crippen LogP contribution in [0.2, 0.25) is 0 Å². The maximum absolute atomic E-state index is 12.5.